The first-order valence-corrected chi connectivity index (χ1v) is 50.9. The number of hydrogen-bond donors (Lipinski definition) is 0. The molecule has 3 heteroatoms. The molecule has 1 spiro atoms. The van der Waals surface area contributed by atoms with E-state index >= 15 is 0 Å². The molecule has 0 saturated carbocycles. The van der Waals surface area contributed by atoms with E-state index in [1.165, 1.54) is 131 Å². The van der Waals surface area contributed by atoms with Crippen LogP contribution in [0.25, 0.3) is 86.3 Å². The molecule has 19 aromatic carbocycles. The third-order valence-electron chi connectivity index (χ3n) is 22.8. The van der Waals surface area contributed by atoms with Gasteiger partial charge < -0.3 is 9.15 Å². The van der Waals surface area contributed by atoms with Crippen molar-refractivity contribution in [3.8, 4) is 44.9 Å². The van der Waals surface area contributed by atoms with Crippen LogP contribution < -0.4 is 4.74 Å². The highest BCUT2D eigenvalue weighted by Gasteiger charge is 2.51. The molecule has 2 aromatic heterocycles. The first-order valence-electron chi connectivity index (χ1n) is 50.1. The Balaban J connectivity index is 0.000000193. The van der Waals surface area contributed by atoms with Gasteiger partial charge in [0.2, 0.25) is 0 Å². The topological polar surface area (TPSA) is 22.4 Å². The third-order valence-corrected chi connectivity index (χ3v) is 24.0. The summed E-state index contributed by atoms with van der Waals surface area (Å²) >= 11 is 1.86. The molecule has 3 aliphatic carbocycles. The Kier molecular flexibility index (Phi) is 46.6. The van der Waals surface area contributed by atoms with Crippen molar-refractivity contribution in [1.82, 2.24) is 0 Å². The van der Waals surface area contributed by atoms with Crippen molar-refractivity contribution in [3.63, 3.8) is 0 Å². The van der Waals surface area contributed by atoms with Crippen molar-refractivity contribution >= 4 is 64.2 Å². The second kappa shape index (κ2) is 59.2. The van der Waals surface area contributed by atoms with Crippen LogP contribution in [0.3, 0.4) is 0 Å². The Hall–Kier alpha value is -14.7. The Morgan fingerprint density at radius 3 is 0.652 bits per heavy atom. The highest BCUT2D eigenvalue weighted by molar-refractivity contribution is 7.25. The minimum absolute atomic E-state index is 0.160. The van der Waals surface area contributed by atoms with E-state index in [-0.39, 0.29) is 16.2 Å². The second-order valence-electron chi connectivity index (χ2n) is 30.2. The molecule has 3 heterocycles. The number of fused-ring (bicyclic) bond motifs is 22. The summed E-state index contributed by atoms with van der Waals surface area (Å²) in [6.07, 6.45) is 0. The Bertz CT molecular complexity index is 6270. The lowest BCUT2D eigenvalue weighted by Crippen LogP contribution is -2.32. The average molecular weight is 1830 g/mol. The van der Waals surface area contributed by atoms with E-state index < -0.39 is 0 Å². The maximum Gasteiger partial charge on any atom is 0.135 e. The van der Waals surface area contributed by atoms with Crippen molar-refractivity contribution < 1.29 is 9.15 Å². The van der Waals surface area contributed by atoms with E-state index in [4.69, 9.17) is 9.15 Å². The molecule has 0 amide bonds. The predicted octanol–water partition coefficient (Wildman–Crippen LogP) is 41.0. The fraction of sp³-hybridized carbons (Fsp3) is 0.170. The lowest BCUT2D eigenvalue weighted by atomic mass is 9.66. The summed E-state index contributed by atoms with van der Waals surface area (Å²) in [5.74, 6) is 1.88. The Labute approximate surface area is 832 Å². The summed E-state index contributed by atoms with van der Waals surface area (Å²) in [6, 6.07) is 177. The van der Waals surface area contributed by atoms with Crippen LogP contribution in [0, 0.1) is 0 Å². The lowest BCUT2D eigenvalue weighted by Gasteiger charge is -2.39. The Morgan fingerprint density at radius 2 is 0.362 bits per heavy atom. The normalized spacial score (nSPS) is 11.3. The third kappa shape index (κ3) is 25.7. The van der Waals surface area contributed by atoms with Crippen molar-refractivity contribution in [1.29, 1.82) is 0 Å². The molecular weight excluding hydrogens is 1690 g/mol. The molecule has 0 bridgehead atoms. The molecular formula is C135H144O2S. The predicted molar refractivity (Wildman–Crippen MR) is 610 cm³/mol. The largest absolute Gasteiger partial charge is 0.457 e. The van der Waals surface area contributed by atoms with Crippen LogP contribution in [0.15, 0.2) is 514 Å². The molecule has 21 aromatic rings. The molecule has 1 aliphatic heterocycles. The van der Waals surface area contributed by atoms with Gasteiger partial charge >= 0.3 is 0 Å². The molecule has 0 fully saturated rings. The van der Waals surface area contributed by atoms with Gasteiger partial charge in [-0.15, -0.1) is 11.3 Å². The van der Waals surface area contributed by atoms with E-state index in [0.29, 0.717) is 0 Å². The van der Waals surface area contributed by atoms with Crippen LogP contribution in [0.2, 0.25) is 0 Å². The van der Waals surface area contributed by atoms with Gasteiger partial charge in [0.15, 0.2) is 0 Å². The fourth-order valence-electron chi connectivity index (χ4n) is 17.5. The van der Waals surface area contributed by atoms with Crippen molar-refractivity contribution in [2.75, 3.05) is 0 Å². The Morgan fingerprint density at radius 1 is 0.167 bits per heavy atom. The van der Waals surface area contributed by atoms with Crippen molar-refractivity contribution in [2.45, 2.75) is 155 Å². The highest BCUT2D eigenvalue weighted by atomic mass is 32.1. The van der Waals surface area contributed by atoms with E-state index in [2.05, 4.69) is 366 Å². The number of hydrogen-bond acceptors (Lipinski definition) is 3. The molecule has 0 N–H and O–H groups in total. The second-order valence-corrected chi connectivity index (χ2v) is 31.3. The van der Waals surface area contributed by atoms with E-state index in [9.17, 15) is 0 Å². The summed E-state index contributed by atoms with van der Waals surface area (Å²) in [5.41, 5.74) is 23.0. The molecule has 25 rings (SSSR count). The molecule has 0 radical (unpaired) electrons. The number of para-hydroxylation sites is 4. The van der Waals surface area contributed by atoms with Crippen LogP contribution in [0.1, 0.15) is 194 Å². The highest BCUT2D eigenvalue weighted by Crippen LogP contribution is 2.62. The molecule has 138 heavy (non-hydrogen) atoms. The fourth-order valence-corrected chi connectivity index (χ4v) is 18.6. The zero-order valence-electron chi connectivity index (χ0n) is 85.2. The smallest absolute Gasteiger partial charge is 0.135 e. The number of rotatable bonds is 2. The van der Waals surface area contributed by atoms with Gasteiger partial charge in [-0.3, -0.25) is 0 Å². The van der Waals surface area contributed by atoms with Gasteiger partial charge in [0.05, 0.1) is 10.8 Å². The zero-order valence-corrected chi connectivity index (χ0v) is 86.0. The van der Waals surface area contributed by atoms with E-state index in [1.54, 1.807) is 0 Å². The minimum atomic E-state index is -0.321. The number of ether oxygens (including phenoxy) is 1. The molecule has 0 unspecified atom stereocenters. The van der Waals surface area contributed by atoms with Crippen molar-refractivity contribution in [2.24, 2.45) is 0 Å². The van der Waals surface area contributed by atoms with Gasteiger partial charge in [-0.05, 0) is 125 Å². The average Bonchev–Trinajstić information content (AvgIpc) is 1.50. The summed E-state index contributed by atoms with van der Waals surface area (Å²) in [4.78, 5) is 0. The van der Waals surface area contributed by atoms with Crippen LogP contribution in [0.4, 0.5) is 0 Å². The molecule has 4 aliphatic rings. The summed E-state index contributed by atoms with van der Waals surface area (Å²) in [7, 11) is 0. The monoisotopic (exact) mass is 1830 g/mol. The van der Waals surface area contributed by atoms with Gasteiger partial charge in [-0.2, -0.15) is 0 Å². The van der Waals surface area contributed by atoms with E-state index in [1.807, 2.05) is 294 Å². The van der Waals surface area contributed by atoms with Gasteiger partial charge in [0.25, 0.3) is 0 Å². The van der Waals surface area contributed by atoms with E-state index in [0.717, 1.165) is 22.7 Å². The summed E-state index contributed by atoms with van der Waals surface area (Å²) in [6.45, 7) is 40.6. The zero-order chi connectivity index (χ0) is 99.2. The minimum Gasteiger partial charge on any atom is -0.457 e. The van der Waals surface area contributed by atoms with Crippen LogP contribution in [0.5, 0.6) is 11.5 Å². The summed E-state index contributed by atoms with van der Waals surface area (Å²) < 4.78 is 14.7. The van der Waals surface area contributed by atoms with Gasteiger partial charge in [-0.25, -0.2) is 0 Å². The maximum absolute atomic E-state index is 6.29. The van der Waals surface area contributed by atoms with Crippen molar-refractivity contribution in [3.05, 3.63) is 565 Å². The molecule has 702 valence electrons. The number of thiophene rings is 1. The molecule has 2 nitrogen and oxygen atoms in total. The van der Waals surface area contributed by atoms with Gasteiger partial charge in [-0.1, -0.05) is 612 Å². The standard InChI is InChI=1S/C25H16O.C25H18.C15H14.C12H8O.C12H8S.C10H8.3C6H6.9C2H6/c1-3-11-19-17(9-1)18-10-2-4-12-20(18)25(19)21-13-5-7-15-23(21)26-24-16-8-6-14-22(24)25;1-3-11-19(12-4-1)25(20-13-5-2-6-14-20)23-17-9-7-15-21(23)22-16-8-10-18-24(22)25;1-15(2)13-9-5-3-7-11(13)12-8-4-6-10-14(12)15;2*1-3-7-11-9(5-1)10-6-2-4-8-12(10)13-11;1-2-6-10-8-4-3-7-9(10)5-1;3*1-2-4-6-5-3-1;9*1-2/h1-16H;1-18H;3-10H,1-2H3;2*1-8H;1-8H;3*1-6H;9*1-2H3. The van der Waals surface area contributed by atoms with Crippen LogP contribution in [-0.4, -0.2) is 0 Å². The van der Waals surface area contributed by atoms with Gasteiger partial charge in [0.1, 0.15) is 22.7 Å². The summed E-state index contributed by atoms with van der Waals surface area (Å²) in [5, 5.41) is 7.76. The number of benzene rings is 19. The van der Waals surface area contributed by atoms with Gasteiger partial charge in [0, 0.05) is 47.5 Å². The lowest BCUT2D eigenvalue weighted by molar-refractivity contribution is 0.436. The maximum atomic E-state index is 6.29. The first kappa shape index (κ1) is 109. The number of furan rings is 1. The SMILES string of the molecule is CC.CC.CC.CC.CC.CC.CC.CC.CC.CC1(C)c2ccccc2-c2ccccc21.c1ccc(C2(c3ccccc3)c3ccccc3-c3ccccc32)cc1.c1ccc2c(c1)Oc1ccccc1C21c2ccccc2-c2ccccc21.c1ccc2c(c1)oc1ccccc12.c1ccc2c(c1)sc1ccccc12.c1ccc2ccccc2c1.c1ccccc1.c1ccccc1.c1ccccc1. The first-order chi connectivity index (χ1) is 68.4. The van der Waals surface area contributed by atoms with Crippen LogP contribution >= 0.6 is 11.3 Å². The molecule has 0 saturated heterocycles. The molecule has 0 atom stereocenters. The van der Waals surface area contributed by atoms with Crippen LogP contribution in [-0.2, 0) is 16.2 Å². The quantitative estimate of drug-likeness (QED) is 0.172.